The van der Waals surface area contributed by atoms with Crippen molar-refractivity contribution in [1.82, 2.24) is 9.97 Å². The van der Waals surface area contributed by atoms with Crippen LogP contribution in [0.15, 0.2) is 28.7 Å². The van der Waals surface area contributed by atoms with Crippen molar-refractivity contribution in [2.45, 2.75) is 26.2 Å². The molecular weight excluding hydrogens is 330 g/mol. The third kappa shape index (κ3) is 3.73. The van der Waals surface area contributed by atoms with Crippen LogP contribution in [0.5, 0.6) is 5.75 Å². The maximum atomic E-state index is 5.40. The van der Waals surface area contributed by atoms with Crippen molar-refractivity contribution < 1.29 is 4.74 Å². The van der Waals surface area contributed by atoms with Crippen molar-refractivity contribution in [3.63, 3.8) is 0 Å². The summed E-state index contributed by atoms with van der Waals surface area (Å²) in [5.41, 5.74) is 2.13. The molecule has 0 radical (unpaired) electrons. The molecule has 2 aromatic rings. The molecule has 0 spiro atoms. The van der Waals surface area contributed by atoms with Crippen LogP contribution in [-0.4, -0.2) is 24.1 Å². The van der Waals surface area contributed by atoms with Gasteiger partial charge in [-0.2, -0.15) is 0 Å². The summed E-state index contributed by atoms with van der Waals surface area (Å²) in [5, 5.41) is 3.12. The zero-order valence-electron chi connectivity index (χ0n) is 12.6. The van der Waals surface area contributed by atoms with Gasteiger partial charge in [-0.1, -0.05) is 31.5 Å². The van der Waals surface area contributed by atoms with Gasteiger partial charge in [-0.15, -0.1) is 0 Å². The van der Waals surface area contributed by atoms with Crippen LogP contribution in [-0.2, 0) is 12.8 Å². The quantitative estimate of drug-likeness (QED) is 0.860. The lowest BCUT2D eigenvalue weighted by Crippen LogP contribution is -2.07. The smallest absolute Gasteiger partial charge is 0.144 e. The fraction of sp³-hybridized carbons (Fsp3) is 0.375. The molecule has 0 bridgehead atoms. The fourth-order valence-electron chi connectivity index (χ4n) is 2.21. The minimum absolute atomic E-state index is 0.655. The standard InChI is InChI=1S/C16H20BrN3O/c1-4-7-12-15(17)16(18-2)20-14(19-12)10-11-8-5-6-9-13(11)21-3/h5-6,8-9H,4,7,10H2,1-3H3,(H,18,19,20). The average Bonchev–Trinajstić information content (AvgIpc) is 2.51. The first-order valence-corrected chi connectivity index (χ1v) is 7.83. The predicted octanol–water partition coefficient (Wildman–Crippen LogP) is 3.83. The van der Waals surface area contributed by atoms with Gasteiger partial charge in [-0.25, -0.2) is 9.97 Å². The summed E-state index contributed by atoms with van der Waals surface area (Å²) in [6.45, 7) is 2.15. The Bertz CT molecular complexity index is 616. The highest BCUT2D eigenvalue weighted by Gasteiger charge is 2.12. The monoisotopic (exact) mass is 349 g/mol. The van der Waals surface area contributed by atoms with E-state index in [1.165, 1.54) is 0 Å². The van der Waals surface area contributed by atoms with E-state index in [2.05, 4.69) is 38.1 Å². The molecule has 0 saturated heterocycles. The van der Waals surface area contributed by atoms with Crippen LogP contribution in [0.1, 0.15) is 30.4 Å². The number of aryl methyl sites for hydroxylation is 1. The summed E-state index contributed by atoms with van der Waals surface area (Å²) < 4.78 is 6.35. The van der Waals surface area contributed by atoms with E-state index in [0.29, 0.717) is 6.42 Å². The van der Waals surface area contributed by atoms with Gasteiger partial charge in [-0.05, 0) is 28.4 Å². The van der Waals surface area contributed by atoms with Crippen LogP contribution in [0.2, 0.25) is 0 Å². The minimum Gasteiger partial charge on any atom is -0.496 e. The highest BCUT2D eigenvalue weighted by Crippen LogP contribution is 2.26. The molecule has 0 aliphatic heterocycles. The van der Waals surface area contributed by atoms with Gasteiger partial charge in [0.15, 0.2) is 0 Å². The van der Waals surface area contributed by atoms with E-state index in [4.69, 9.17) is 4.74 Å². The summed E-state index contributed by atoms with van der Waals surface area (Å²) in [6, 6.07) is 7.97. The first-order chi connectivity index (χ1) is 10.2. The van der Waals surface area contributed by atoms with Crippen LogP contribution < -0.4 is 10.1 Å². The lowest BCUT2D eigenvalue weighted by Gasteiger charge is -2.12. The second-order valence-electron chi connectivity index (χ2n) is 4.74. The maximum Gasteiger partial charge on any atom is 0.144 e. The van der Waals surface area contributed by atoms with E-state index >= 15 is 0 Å². The number of aromatic nitrogens is 2. The second-order valence-corrected chi connectivity index (χ2v) is 5.53. The Morgan fingerprint density at radius 1 is 1.24 bits per heavy atom. The van der Waals surface area contributed by atoms with E-state index < -0.39 is 0 Å². The molecule has 1 heterocycles. The number of rotatable bonds is 6. The van der Waals surface area contributed by atoms with E-state index in [0.717, 1.165) is 46.0 Å². The molecule has 1 aromatic carbocycles. The summed E-state index contributed by atoms with van der Waals surface area (Å²) >= 11 is 3.58. The van der Waals surface area contributed by atoms with Gasteiger partial charge in [0.05, 0.1) is 17.3 Å². The highest BCUT2D eigenvalue weighted by atomic mass is 79.9. The Kier molecular flexibility index (Phi) is 5.56. The van der Waals surface area contributed by atoms with Gasteiger partial charge < -0.3 is 10.1 Å². The molecule has 1 aromatic heterocycles. The Hall–Kier alpha value is -1.62. The summed E-state index contributed by atoms with van der Waals surface area (Å²) in [7, 11) is 3.55. The molecule has 0 unspecified atom stereocenters. The molecule has 0 atom stereocenters. The Morgan fingerprint density at radius 3 is 2.67 bits per heavy atom. The van der Waals surface area contributed by atoms with Crippen LogP contribution in [0.25, 0.3) is 0 Å². The minimum atomic E-state index is 0.655. The molecule has 21 heavy (non-hydrogen) atoms. The molecule has 0 fully saturated rings. The second kappa shape index (κ2) is 7.41. The zero-order chi connectivity index (χ0) is 15.2. The average molecular weight is 350 g/mol. The molecule has 0 saturated carbocycles. The number of hydrogen-bond donors (Lipinski definition) is 1. The van der Waals surface area contributed by atoms with Crippen molar-refractivity contribution in [2.75, 3.05) is 19.5 Å². The van der Waals surface area contributed by atoms with Crippen LogP contribution in [0, 0.1) is 0 Å². The van der Waals surface area contributed by atoms with Gasteiger partial charge in [0.25, 0.3) is 0 Å². The zero-order valence-corrected chi connectivity index (χ0v) is 14.2. The Labute approximate surface area is 134 Å². The predicted molar refractivity (Wildman–Crippen MR) is 89.1 cm³/mol. The molecular formula is C16H20BrN3O. The van der Waals surface area contributed by atoms with E-state index in [1.807, 2.05) is 31.3 Å². The number of nitrogens with one attached hydrogen (secondary N) is 1. The fourth-order valence-corrected chi connectivity index (χ4v) is 2.79. The van der Waals surface area contributed by atoms with Crippen molar-refractivity contribution >= 4 is 21.7 Å². The first-order valence-electron chi connectivity index (χ1n) is 7.04. The number of benzene rings is 1. The number of methoxy groups -OCH3 is 1. The largest absolute Gasteiger partial charge is 0.496 e. The Balaban J connectivity index is 2.37. The maximum absolute atomic E-state index is 5.40. The lowest BCUT2D eigenvalue weighted by atomic mass is 10.1. The topological polar surface area (TPSA) is 47.0 Å². The molecule has 1 N–H and O–H groups in total. The highest BCUT2D eigenvalue weighted by molar-refractivity contribution is 9.10. The lowest BCUT2D eigenvalue weighted by molar-refractivity contribution is 0.410. The number of halogens is 1. The summed E-state index contributed by atoms with van der Waals surface area (Å²) in [4.78, 5) is 9.27. The molecule has 5 heteroatoms. The normalized spacial score (nSPS) is 10.5. The van der Waals surface area contributed by atoms with Gasteiger partial charge in [-0.3, -0.25) is 0 Å². The van der Waals surface area contributed by atoms with E-state index in [-0.39, 0.29) is 0 Å². The molecule has 0 aliphatic rings. The van der Waals surface area contributed by atoms with Crippen LogP contribution in [0.3, 0.4) is 0 Å². The van der Waals surface area contributed by atoms with Crippen molar-refractivity contribution in [1.29, 1.82) is 0 Å². The Morgan fingerprint density at radius 2 is 2.00 bits per heavy atom. The van der Waals surface area contributed by atoms with Gasteiger partial charge >= 0.3 is 0 Å². The number of anilines is 1. The van der Waals surface area contributed by atoms with Crippen molar-refractivity contribution in [3.8, 4) is 5.75 Å². The van der Waals surface area contributed by atoms with E-state index in [1.54, 1.807) is 7.11 Å². The molecule has 112 valence electrons. The first kappa shape index (κ1) is 15.8. The number of nitrogens with zero attached hydrogens (tertiary/aromatic N) is 2. The van der Waals surface area contributed by atoms with Crippen molar-refractivity contribution in [3.05, 3.63) is 45.8 Å². The molecule has 0 amide bonds. The summed E-state index contributed by atoms with van der Waals surface area (Å²) in [5.74, 6) is 2.50. The van der Waals surface area contributed by atoms with Crippen LogP contribution in [0.4, 0.5) is 5.82 Å². The summed E-state index contributed by atoms with van der Waals surface area (Å²) in [6.07, 6.45) is 2.63. The van der Waals surface area contributed by atoms with Crippen LogP contribution >= 0.6 is 15.9 Å². The number of ether oxygens (including phenoxy) is 1. The van der Waals surface area contributed by atoms with Gasteiger partial charge in [0, 0.05) is 19.0 Å². The number of hydrogen-bond acceptors (Lipinski definition) is 4. The van der Waals surface area contributed by atoms with Gasteiger partial charge in [0.1, 0.15) is 17.4 Å². The molecule has 2 rings (SSSR count). The third-order valence-corrected chi connectivity index (χ3v) is 4.06. The number of para-hydroxylation sites is 1. The van der Waals surface area contributed by atoms with Gasteiger partial charge in [0.2, 0.25) is 0 Å². The van der Waals surface area contributed by atoms with E-state index in [9.17, 15) is 0 Å². The SMILES string of the molecule is CCCc1nc(Cc2ccccc2OC)nc(NC)c1Br. The molecule has 0 aliphatic carbocycles. The van der Waals surface area contributed by atoms with Crippen molar-refractivity contribution in [2.24, 2.45) is 0 Å². The third-order valence-electron chi connectivity index (χ3n) is 3.23. The molecule has 4 nitrogen and oxygen atoms in total.